The third-order valence-corrected chi connectivity index (χ3v) is 3.84. The fourth-order valence-electron chi connectivity index (χ4n) is 2.83. The van der Waals surface area contributed by atoms with Crippen LogP contribution >= 0.6 is 0 Å². The predicted octanol–water partition coefficient (Wildman–Crippen LogP) is 1.70. The van der Waals surface area contributed by atoms with Gasteiger partial charge in [-0.05, 0) is 39.3 Å². The zero-order valence-corrected chi connectivity index (χ0v) is 13.8. The van der Waals surface area contributed by atoms with Crippen LogP contribution in [0, 0.1) is 6.92 Å². The van der Waals surface area contributed by atoms with Gasteiger partial charge in [-0.15, -0.1) is 0 Å². The first-order chi connectivity index (χ1) is 10.3. The highest BCUT2D eigenvalue weighted by Gasteiger charge is 2.29. The van der Waals surface area contributed by atoms with Crippen molar-refractivity contribution in [3.63, 3.8) is 0 Å². The topological polar surface area (TPSA) is 68.7 Å². The minimum absolute atomic E-state index is 0.0790. The van der Waals surface area contributed by atoms with E-state index in [2.05, 4.69) is 15.2 Å². The fraction of sp³-hybridized carbons (Fsp3) is 0.625. The molecule has 2 heterocycles. The van der Waals surface area contributed by atoms with Gasteiger partial charge in [0.15, 0.2) is 0 Å². The summed E-state index contributed by atoms with van der Waals surface area (Å²) in [5, 5.41) is 12.9. The van der Waals surface area contributed by atoms with Gasteiger partial charge in [0.05, 0.1) is 5.60 Å². The largest absolute Gasteiger partial charge is 0.389 e. The van der Waals surface area contributed by atoms with E-state index in [1.54, 1.807) is 12.4 Å². The molecular formula is C16H26N4O2. The summed E-state index contributed by atoms with van der Waals surface area (Å²) in [7, 11) is 0. The van der Waals surface area contributed by atoms with E-state index >= 15 is 0 Å². The molecule has 6 nitrogen and oxygen atoms in total. The summed E-state index contributed by atoms with van der Waals surface area (Å²) in [6.45, 7) is 10.4. The molecule has 1 aromatic heterocycles. The van der Waals surface area contributed by atoms with Gasteiger partial charge in [-0.3, -0.25) is 9.88 Å². The summed E-state index contributed by atoms with van der Waals surface area (Å²) in [4.78, 5) is 20.5. The van der Waals surface area contributed by atoms with E-state index in [0.717, 1.165) is 24.3 Å². The van der Waals surface area contributed by atoms with Crippen molar-refractivity contribution < 1.29 is 9.90 Å². The summed E-state index contributed by atoms with van der Waals surface area (Å²) < 4.78 is 0. The molecule has 1 fully saturated rings. The monoisotopic (exact) mass is 306 g/mol. The minimum Gasteiger partial charge on any atom is -0.389 e. The Morgan fingerprint density at radius 1 is 1.50 bits per heavy atom. The number of carbonyl (C=O) groups excluding carboxylic acids is 1. The number of rotatable bonds is 3. The molecule has 2 rings (SSSR count). The number of aryl methyl sites for hydroxylation is 1. The third-order valence-electron chi connectivity index (χ3n) is 3.84. The van der Waals surface area contributed by atoms with Crippen LogP contribution in [-0.2, 0) is 0 Å². The van der Waals surface area contributed by atoms with Crippen LogP contribution in [0.5, 0.6) is 0 Å². The number of amides is 2. The lowest BCUT2D eigenvalue weighted by atomic mass is 10.1. The first-order valence-corrected chi connectivity index (χ1v) is 7.69. The Balaban J connectivity index is 1.94. The van der Waals surface area contributed by atoms with Gasteiger partial charge in [0.1, 0.15) is 0 Å². The Hall–Kier alpha value is -1.66. The van der Waals surface area contributed by atoms with Crippen molar-refractivity contribution in [2.75, 3.05) is 31.5 Å². The highest BCUT2D eigenvalue weighted by atomic mass is 16.3. The van der Waals surface area contributed by atoms with Crippen LogP contribution in [0.3, 0.4) is 0 Å². The Bertz CT molecular complexity index is 527. The summed E-state index contributed by atoms with van der Waals surface area (Å²) in [6, 6.07) is 1.84. The van der Waals surface area contributed by atoms with Gasteiger partial charge < -0.3 is 15.3 Å². The molecule has 1 aliphatic heterocycles. The maximum Gasteiger partial charge on any atom is 0.322 e. The van der Waals surface area contributed by atoms with E-state index in [4.69, 9.17) is 0 Å². The number of urea groups is 1. The van der Waals surface area contributed by atoms with Gasteiger partial charge >= 0.3 is 6.03 Å². The number of piperazine rings is 1. The first kappa shape index (κ1) is 16.7. The standard InChI is InChI=1S/C16H26N4O2/c1-12-9-17-6-5-14(12)18-15(21)20-8-7-19(10-13(20)2)11-16(3,4)22/h5-6,9,13,22H,7-8,10-11H2,1-4H3,(H,17,18,21). The molecule has 1 atom stereocenters. The highest BCUT2D eigenvalue weighted by Crippen LogP contribution is 2.17. The molecule has 0 aromatic carbocycles. The van der Waals surface area contributed by atoms with Crippen molar-refractivity contribution in [2.24, 2.45) is 0 Å². The molecule has 0 bridgehead atoms. The first-order valence-electron chi connectivity index (χ1n) is 7.69. The number of anilines is 1. The van der Waals surface area contributed by atoms with Crippen molar-refractivity contribution >= 4 is 11.7 Å². The molecule has 1 unspecified atom stereocenters. The van der Waals surface area contributed by atoms with Crippen LogP contribution in [0.1, 0.15) is 26.3 Å². The van der Waals surface area contributed by atoms with Gasteiger partial charge in [0.25, 0.3) is 0 Å². The van der Waals surface area contributed by atoms with Gasteiger partial charge in [0.2, 0.25) is 0 Å². The van der Waals surface area contributed by atoms with E-state index in [9.17, 15) is 9.90 Å². The molecule has 1 aromatic rings. The molecule has 1 aliphatic rings. The Morgan fingerprint density at radius 3 is 2.82 bits per heavy atom. The summed E-state index contributed by atoms with van der Waals surface area (Å²) >= 11 is 0. The number of nitrogens with one attached hydrogen (secondary N) is 1. The fourth-order valence-corrected chi connectivity index (χ4v) is 2.83. The Labute approximate surface area is 132 Å². The number of hydrogen-bond donors (Lipinski definition) is 2. The minimum atomic E-state index is -0.710. The van der Waals surface area contributed by atoms with Crippen molar-refractivity contribution in [1.29, 1.82) is 0 Å². The number of pyridine rings is 1. The van der Waals surface area contributed by atoms with Gasteiger partial charge in [-0.1, -0.05) is 0 Å². The van der Waals surface area contributed by atoms with Crippen LogP contribution in [0.2, 0.25) is 0 Å². The smallest absolute Gasteiger partial charge is 0.322 e. The van der Waals surface area contributed by atoms with Gasteiger partial charge in [-0.25, -0.2) is 4.79 Å². The lowest BCUT2D eigenvalue weighted by Gasteiger charge is -2.41. The van der Waals surface area contributed by atoms with Crippen LogP contribution in [0.4, 0.5) is 10.5 Å². The zero-order valence-electron chi connectivity index (χ0n) is 13.8. The van der Waals surface area contributed by atoms with E-state index < -0.39 is 5.60 Å². The van der Waals surface area contributed by atoms with Crippen molar-refractivity contribution in [1.82, 2.24) is 14.8 Å². The molecule has 1 saturated heterocycles. The number of carbonyl (C=O) groups is 1. The zero-order chi connectivity index (χ0) is 16.3. The molecule has 0 saturated carbocycles. The molecule has 6 heteroatoms. The summed E-state index contributed by atoms with van der Waals surface area (Å²) in [5.41, 5.74) is 1.04. The van der Waals surface area contributed by atoms with E-state index in [1.165, 1.54) is 0 Å². The summed E-state index contributed by atoms with van der Waals surface area (Å²) in [6.07, 6.45) is 3.41. The average Bonchev–Trinajstić information content (AvgIpc) is 2.39. The molecule has 0 aliphatic carbocycles. The Morgan fingerprint density at radius 2 is 2.23 bits per heavy atom. The molecule has 2 N–H and O–H groups in total. The molecule has 22 heavy (non-hydrogen) atoms. The predicted molar refractivity (Wildman–Crippen MR) is 86.9 cm³/mol. The molecule has 0 spiro atoms. The number of β-amino-alcohol motifs (C(OH)–C–C–N with tert-alkyl or cyclic N) is 1. The summed E-state index contributed by atoms with van der Waals surface area (Å²) in [5.74, 6) is 0. The number of hydrogen-bond acceptors (Lipinski definition) is 4. The van der Waals surface area contributed by atoms with Gasteiger partial charge in [0, 0.05) is 50.3 Å². The molecular weight excluding hydrogens is 280 g/mol. The van der Waals surface area contributed by atoms with Crippen molar-refractivity contribution in [3.05, 3.63) is 24.0 Å². The van der Waals surface area contributed by atoms with Crippen LogP contribution < -0.4 is 5.32 Å². The van der Waals surface area contributed by atoms with E-state index in [1.807, 2.05) is 38.7 Å². The van der Waals surface area contributed by atoms with E-state index in [0.29, 0.717) is 13.1 Å². The SMILES string of the molecule is Cc1cnccc1NC(=O)N1CCN(CC(C)(C)O)CC1C. The molecule has 122 valence electrons. The maximum atomic E-state index is 12.4. The quantitative estimate of drug-likeness (QED) is 0.892. The number of nitrogens with zero attached hydrogens (tertiary/aromatic N) is 3. The maximum absolute atomic E-state index is 12.4. The Kier molecular flexibility index (Phi) is 5.03. The number of aromatic nitrogens is 1. The molecule has 2 amide bonds. The lowest BCUT2D eigenvalue weighted by Crippen LogP contribution is -2.57. The van der Waals surface area contributed by atoms with Crippen LogP contribution in [-0.4, -0.2) is 63.7 Å². The lowest BCUT2D eigenvalue weighted by molar-refractivity contribution is 0.0130. The average molecular weight is 306 g/mol. The van der Waals surface area contributed by atoms with Crippen molar-refractivity contribution in [2.45, 2.75) is 39.3 Å². The normalized spacial score (nSPS) is 20.0. The third kappa shape index (κ3) is 4.42. The van der Waals surface area contributed by atoms with Gasteiger partial charge in [-0.2, -0.15) is 0 Å². The van der Waals surface area contributed by atoms with Crippen molar-refractivity contribution in [3.8, 4) is 0 Å². The van der Waals surface area contributed by atoms with Crippen LogP contribution in [0.15, 0.2) is 18.5 Å². The highest BCUT2D eigenvalue weighted by molar-refractivity contribution is 5.90. The second kappa shape index (κ2) is 6.62. The van der Waals surface area contributed by atoms with Crippen LogP contribution in [0.25, 0.3) is 0 Å². The number of aliphatic hydroxyl groups is 1. The molecule has 0 radical (unpaired) electrons. The second-order valence-corrected chi connectivity index (χ2v) is 6.71. The second-order valence-electron chi connectivity index (χ2n) is 6.71. The van der Waals surface area contributed by atoms with E-state index in [-0.39, 0.29) is 12.1 Å².